The number of halogens is 2. The minimum Gasteiger partial charge on any atom is -0.313 e. The summed E-state index contributed by atoms with van der Waals surface area (Å²) in [6.07, 6.45) is 2.73. The van der Waals surface area contributed by atoms with Gasteiger partial charge in [0.05, 0.1) is 0 Å². The maximum Gasteiger partial charge on any atom is 0.258 e. The molecule has 11 heavy (non-hydrogen) atoms. The van der Waals surface area contributed by atoms with Crippen LogP contribution in [-0.2, 0) is 0 Å². The summed E-state index contributed by atoms with van der Waals surface area (Å²) in [4.78, 5) is 0. The van der Waals surface area contributed by atoms with Crippen molar-refractivity contribution in [3.8, 4) is 0 Å². The lowest BCUT2D eigenvalue weighted by Crippen LogP contribution is -2.29. The Hall–Kier alpha value is 0.177. The first-order chi connectivity index (χ1) is 5.02. The molecule has 0 rings (SSSR count). The van der Waals surface area contributed by atoms with Crippen molar-refractivity contribution in [2.75, 3.05) is 5.50 Å². The molecule has 0 N–H and O–H groups in total. The van der Waals surface area contributed by atoms with Crippen LogP contribution < -0.4 is 0 Å². The summed E-state index contributed by atoms with van der Waals surface area (Å²) in [6.45, 7) is 7.34. The minimum absolute atomic E-state index is 0.217. The summed E-state index contributed by atoms with van der Waals surface area (Å²) in [5.41, 5.74) is 0.217. The summed E-state index contributed by atoms with van der Waals surface area (Å²) in [5.74, 6) is 0.396. The Morgan fingerprint density at radius 3 is 2.64 bits per heavy atom. The third-order valence-corrected chi connectivity index (χ3v) is 5.40. The second-order valence-electron chi connectivity index (χ2n) is 3.38. The molecule has 3 heteroatoms. The van der Waals surface area contributed by atoms with Crippen LogP contribution in [0.25, 0.3) is 0 Å². The first-order valence-corrected chi connectivity index (χ1v) is 7.20. The Morgan fingerprint density at radius 2 is 2.27 bits per heavy atom. The predicted octanol–water partition coefficient (Wildman–Crippen LogP) is 3.52. The molecule has 66 valence electrons. The highest BCUT2D eigenvalue weighted by Crippen LogP contribution is 2.21. The van der Waals surface area contributed by atoms with Crippen LogP contribution in [0.1, 0.15) is 13.3 Å². The van der Waals surface area contributed by atoms with Crippen molar-refractivity contribution < 1.29 is 4.11 Å². The molecule has 0 aromatic heterocycles. The molecule has 0 saturated carbocycles. The summed E-state index contributed by atoms with van der Waals surface area (Å²) in [6, 6.07) is 0.655. The highest BCUT2D eigenvalue weighted by atomic mass is 35.5. The van der Waals surface area contributed by atoms with Crippen LogP contribution in [-0.4, -0.2) is 13.9 Å². The SMILES string of the molecule is C=CCC(C)C[Si](C)(F)CCl. The number of hydrogen-bond acceptors (Lipinski definition) is 0. The molecule has 0 heterocycles. The van der Waals surface area contributed by atoms with E-state index in [1.165, 1.54) is 0 Å². The predicted molar refractivity (Wildman–Crippen MR) is 52.2 cm³/mol. The van der Waals surface area contributed by atoms with E-state index in [0.717, 1.165) is 6.42 Å². The van der Waals surface area contributed by atoms with E-state index in [2.05, 4.69) is 6.58 Å². The highest BCUT2D eigenvalue weighted by Gasteiger charge is 2.28. The van der Waals surface area contributed by atoms with E-state index in [-0.39, 0.29) is 5.50 Å². The fourth-order valence-electron chi connectivity index (χ4n) is 1.15. The van der Waals surface area contributed by atoms with Gasteiger partial charge in [-0.1, -0.05) is 13.0 Å². The summed E-state index contributed by atoms with van der Waals surface area (Å²) >= 11 is 5.50. The zero-order valence-electron chi connectivity index (χ0n) is 7.24. The number of alkyl halides is 1. The van der Waals surface area contributed by atoms with E-state index in [1.54, 1.807) is 6.55 Å². The van der Waals surface area contributed by atoms with Crippen molar-refractivity contribution in [1.82, 2.24) is 0 Å². The zero-order chi connectivity index (χ0) is 8.91. The molecule has 0 bridgehead atoms. The first-order valence-electron chi connectivity index (χ1n) is 3.87. The second kappa shape index (κ2) is 4.94. The lowest BCUT2D eigenvalue weighted by molar-refractivity contribution is 0.619. The van der Waals surface area contributed by atoms with Gasteiger partial charge in [0.15, 0.2) is 0 Å². The molecule has 2 atom stereocenters. The lowest BCUT2D eigenvalue weighted by atomic mass is 10.1. The van der Waals surface area contributed by atoms with Gasteiger partial charge >= 0.3 is 0 Å². The van der Waals surface area contributed by atoms with Gasteiger partial charge in [-0.2, -0.15) is 0 Å². The Labute approximate surface area is 74.6 Å². The summed E-state index contributed by atoms with van der Waals surface area (Å²) in [5, 5.41) is 0. The van der Waals surface area contributed by atoms with Gasteiger partial charge in [-0.05, 0) is 24.9 Å². The van der Waals surface area contributed by atoms with Crippen LogP contribution in [0.5, 0.6) is 0 Å². The van der Waals surface area contributed by atoms with Gasteiger partial charge in [0.25, 0.3) is 8.41 Å². The average Bonchev–Trinajstić information content (AvgIpc) is 1.87. The first kappa shape index (κ1) is 11.2. The largest absolute Gasteiger partial charge is 0.313 e. The van der Waals surface area contributed by atoms with E-state index >= 15 is 0 Å². The van der Waals surface area contributed by atoms with Crippen LogP contribution in [0, 0.1) is 5.92 Å². The van der Waals surface area contributed by atoms with Crippen LogP contribution in [0.15, 0.2) is 12.7 Å². The molecule has 0 amide bonds. The summed E-state index contributed by atoms with van der Waals surface area (Å²) in [7, 11) is -2.56. The van der Waals surface area contributed by atoms with Crippen molar-refractivity contribution in [3.05, 3.63) is 12.7 Å². The fraction of sp³-hybridized carbons (Fsp3) is 0.750. The molecule has 0 nitrogen and oxygen atoms in total. The zero-order valence-corrected chi connectivity index (χ0v) is 8.99. The molecule has 0 aromatic carbocycles. The topological polar surface area (TPSA) is 0 Å². The lowest BCUT2D eigenvalue weighted by Gasteiger charge is -2.17. The molecule has 0 spiro atoms. The molecule has 0 aliphatic rings. The van der Waals surface area contributed by atoms with Gasteiger partial charge in [0, 0.05) is 5.50 Å². The number of allylic oxidation sites excluding steroid dienone is 1. The number of hydrogen-bond donors (Lipinski definition) is 0. The van der Waals surface area contributed by atoms with Crippen molar-refractivity contribution in [1.29, 1.82) is 0 Å². The van der Waals surface area contributed by atoms with Crippen LogP contribution in [0.4, 0.5) is 4.11 Å². The molecule has 0 aliphatic carbocycles. The van der Waals surface area contributed by atoms with E-state index < -0.39 is 8.41 Å². The molecular formula is C8H16ClFSi. The normalized spacial score (nSPS) is 18.9. The summed E-state index contributed by atoms with van der Waals surface area (Å²) < 4.78 is 13.4. The molecule has 0 radical (unpaired) electrons. The molecule has 2 unspecified atom stereocenters. The van der Waals surface area contributed by atoms with Gasteiger partial charge in [0.2, 0.25) is 0 Å². The maximum absolute atomic E-state index is 13.4. The van der Waals surface area contributed by atoms with Crippen LogP contribution in [0.2, 0.25) is 12.6 Å². The molecule has 0 fully saturated rings. The molecule has 0 saturated heterocycles. The van der Waals surface area contributed by atoms with Gasteiger partial charge in [0.1, 0.15) is 0 Å². The Balaban J connectivity index is 3.72. The quantitative estimate of drug-likeness (QED) is 0.272. The van der Waals surface area contributed by atoms with E-state index in [4.69, 9.17) is 11.6 Å². The highest BCUT2D eigenvalue weighted by molar-refractivity contribution is 6.78. The van der Waals surface area contributed by atoms with E-state index in [1.807, 2.05) is 13.0 Å². The van der Waals surface area contributed by atoms with Gasteiger partial charge in [-0.3, -0.25) is 0 Å². The average molecular weight is 195 g/mol. The molecular weight excluding hydrogens is 179 g/mol. The maximum atomic E-state index is 13.4. The third-order valence-electron chi connectivity index (χ3n) is 1.62. The van der Waals surface area contributed by atoms with Crippen molar-refractivity contribution in [3.63, 3.8) is 0 Å². The Bertz CT molecular complexity index is 125. The number of rotatable bonds is 5. The molecule has 0 aromatic rings. The van der Waals surface area contributed by atoms with Crippen molar-refractivity contribution in [2.45, 2.75) is 25.9 Å². The third kappa shape index (κ3) is 5.45. The van der Waals surface area contributed by atoms with Gasteiger partial charge < -0.3 is 4.11 Å². The smallest absolute Gasteiger partial charge is 0.258 e. The Morgan fingerprint density at radius 1 is 1.73 bits per heavy atom. The monoisotopic (exact) mass is 194 g/mol. The standard InChI is InChI=1S/C8H16ClFSi/c1-4-5-8(2)6-11(3,10)7-9/h4,8H,1,5-7H2,2-3H3. The van der Waals surface area contributed by atoms with Crippen LogP contribution in [0.3, 0.4) is 0 Å². The molecule has 0 aliphatic heterocycles. The second-order valence-corrected chi connectivity index (χ2v) is 7.68. The minimum atomic E-state index is -2.56. The van der Waals surface area contributed by atoms with Gasteiger partial charge in [-0.25, -0.2) is 0 Å². The van der Waals surface area contributed by atoms with Crippen molar-refractivity contribution in [2.24, 2.45) is 5.92 Å². The van der Waals surface area contributed by atoms with Crippen LogP contribution >= 0.6 is 11.6 Å². The fourth-order valence-corrected chi connectivity index (χ4v) is 3.21. The van der Waals surface area contributed by atoms with E-state index in [9.17, 15) is 4.11 Å². The Kier molecular flexibility index (Phi) is 5.02. The van der Waals surface area contributed by atoms with Crippen molar-refractivity contribution >= 4 is 20.0 Å². The van der Waals surface area contributed by atoms with Gasteiger partial charge in [-0.15, -0.1) is 18.2 Å². The van der Waals surface area contributed by atoms with E-state index in [0.29, 0.717) is 12.0 Å².